The van der Waals surface area contributed by atoms with Gasteiger partial charge < -0.3 is 9.47 Å². The Hall–Kier alpha value is -0.120. The van der Waals surface area contributed by atoms with Crippen molar-refractivity contribution in [3.05, 3.63) is 0 Å². The molecule has 0 bridgehead atoms. The molecule has 102 valence electrons. The summed E-state index contributed by atoms with van der Waals surface area (Å²) in [6.45, 7) is 12.6. The SMILES string of the molecule is CCCCOC[C@@H]1CN(CC(C)CC)CCO1. The molecule has 0 aliphatic carbocycles. The molecule has 1 rings (SSSR count). The fourth-order valence-electron chi connectivity index (χ4n) is 2.08. The first-order chi connectivity index (χ1) is 8.26. The van der Waals surface area contributed by atoms with E-state index in [2.05, 4.69) is 25.7 Å². The molecule has 17 heavy (non-hydrogen) atoms. The van der Waals surface area contributed by atoms with Gasteiger partial charge in [0.15, 0.2) is 0 Å². The molecule has 2 atom stereocenters. The summed E-state index contributed by atoms with van der Waals surface area (Å²) in [6.07, 6.45) is 3.90. The Bertz CT molecular complexity index is 187. The quantitative estimate of drug-likeness (QED) is 0.612. The van der Waals surface area contributed by atoms with Gasteiger partial charge in [0.25, 0.3) is 0 Å². The molecule has 0 aromatic heterocycles. The lowest BCUT2D eigenvalue weighted by Gasteiger charge is -2.34. The molecular formula is C14H29NO2. The summed E-state index contributed by atoms with van der Waals surface area (Å²) in [7, 11) is 0. The van der Waals surface area contributed by atoms with Crippen molar-refractivity contribution in [1.29, 1.82) is 0 Å². The maximum absolute atomic E-state index is 5.74. The number of morpholine rings is 1. The van der Waals surface area contributed by atoms with Gasteiger partial charge in [-0.05, 0) is 12.3 Å². The molecule has 1 unspecified atom stereocenters. The molecule has 0 N–H and O–H groups in total. The normalized spacial score (nSPS) is 23.8. The van der Waals surface area contributed by atoms with Crippen LogP contribution in [-0.4, -0.2) is 50.5 Å². The highest BCUT2D eigenvalue weighted by molar-refractivity contribution is 4.72. The molecule has 3 heteroatoms. The predicted molar refractivity (Wildman–Crippen MR) is 71.4 cm³/mol. The summed E-state index contributed by atoms with van der Waals surface area (Å²) in [6, 6.07) is 0. The molecular weight excluding hydrogens is 214 g/mol. The molecule has 0 spiro atoms. The Morgan fingerprint density at radius 2 is 2.24 bits per heavy atom. The van der Waals surface area contributed by atoms with Crippen LogP contribution in [0.3, 0.4) is 0 Å². The van der Waals surface area contributed by atoms with E-state index >= 15 is 0 Å². The third-order valence-corrected chi connectivity index (χ3v) is 3.44. The van der Waals surface area contributed by atoms with E-state index in [1.165, 1.54) is 19.4 Å². The van der Waals surface area contributed by atoms with E-state index in [9.17, 15) is 0 Å². The van der Waals surface area contributed by atoms with Gasteiger partial charge in [0.1, 0.15) is 0 Å². The summed E-state index contributed by atoms with van der Waals surface area (Å²) in [4.78, 5) is 2.52. The van der Waals surface area contributed by atoms with Gasteiger partial charge in [0.05, 0.1) is 19.3 Å². The van der Waals surface area contributed by atoms with Crippen molar-refractivity contribution in [2.45, 2.75) is 46.1 Å². The minimum atomic E-state index is 0.282. The maximum Gasteiger partial charge on any atom is 0.0935 e. The van der Waals surface area contributed by atoms with Crippen LogP contribution in [0.15, 0.2) is 0 Å². The summed E-state index contributed by atoms with van der Waals surface area (Å²) in [5, 5.41) is 0. The molecule has 1 aliphatic rings. The van der Waals surface area contributed by atoms with Crippen LogP contribution >= 0.6 is 0 Å². The molecule has 0 amide bonds. The maximum atomic E-state index is 5.74. The standard InChI is InChI=1S/C14H29NO2/c1-4-6-8-16-12-14-11-15(7-9-17-14)10-13(3)5-2/h13-14H,4-12H2,1-3H3/t13?,14-/m0/s1. The van der Waals surface area contributed by atoms with E-state index in [1.807, 2.05) is 0 Å². The largest absolute Gasteiger partial charge is 0.379 e. The highest BCUT2D eigenvalue weighted by Crippen LogP contribution is 2.10. The molecule has 1 saturated heterocycles. The third-order valence-electron chi connectivity index (χ3n) is 3.44. The Labute approximate surface area is 106 Å². The summed E-state index contributed by atoms with van der Waals surface area (Å²) < 4.78 is 11.4. The van der Waals surface area contributed by atoms with Crippen LogP contribution in [0.1, 0.15) is 40.0 Å². The molecule has 1 aliphatic heterocycles. The summed E-state index contributed by atoms with van der Waals surface area (Å²) in [5.74, 6) is 0.787. The second kappa shape index (κ2) is 8.90. The van der Waals surface area contributed by atoms with E-state index < -0.39 is 0 Å². The van der Waals surface area contributed by atoms with Crippen LogP contribution < -0.4 is 0 Å². The zero-order valence-corrected chi connectivity index (χ0v) is 11.8. The molecule has 0 saturated carbocycles. The molecule has 0 aromatic rings. The Morgan fingerprint density at radius 3 is 2.94 bits per heavy atom. The molecule has 1 fully saturated rings. The van der Waals surface area contributed by atoms with Gasteiger partial charge in [0, 0.05) is 26.2 Å². The first kappa shape index (κ1) is 14.9. The third kappa shape index (κ3) is 6.39. The van der Waals surface area contributed by atoms with Crippen LogP contribution in [0, 0.1) is 5.92 Å². The van der Waals surface area contributed by atoms with Crippen molar-refractivity contribution >= 4 is 0 Å². The molecule has 3 nitrogen and oxygen atoms in total. The predicted octanol–water partition coefficient (Wildman–Crippen LogP) is 2.55. The Balaban J connectivity index is 2.14. The van der Waals surface area contributed by atoms with Crippen LogP contribution in [0.25, 0.3) is 0 Å². The van der Waals surface area contributed by atoms with Crippen molar-refractivity contribution in [3.8, 4) is 0 Å². The van der Waals surface area contributed by atoms with E-state index in [4.69, 9.17) is 9.47 Å². The van der Waals surface area contributed by atoms with Crippen LogP contribution in [0.4, 0.5) is 0 Å². The minimum absolute atomic E-state index is 0.282. The lowest BCUT2D eigenvalue weighted by Crippen LogP contribution is -2.45. The molecule has 0 aromatic carbocycles. The van der Waals surface area contributed by atoms with Crippen LogP contribution in [0.2, 0.25) is 0 Å². The lowest BCUT2D eigenvalue weighted by atomic mass is 10.1. The Morgan fingerprint density at radius 1 is 1.41 bits per heavy atom. The highest BCUT2D eigenvalue weighted by atomic mass is 16.5. The highest BCUT2D eigenvalue weighted by Gasteiger charge is 2.21. The summed E-state index contributed by atoms with van der Waals surface area (Å²) in [5.41, 5.74) is 0. The van der Waals surface area contributed by atoms with Crippen molar-refractivity contribution in [2.24, 2.45) is 5.92 Å². The fourth-order valence-corrected chi connectivity index (χ4v) is 2.08. The van der Waals surface area contributed by atoms with E-state index in [1.54, 1.807) is 0 Å². The number of unbranched alkanes of at least 4 members (excludes halogenated alkanes) is 1. The van der Waals surface area contributed by atoms with E-state index in [-0.39, 0.29) is 6.10 Å². The van der Waals surface area contributed by atoms with Crippen molar-refractivity contribution in [2.75, 3.05) is 39.5 Å². The van der Waals surface area contributed by atoms with Gasteiger partial charge in [-0.2, -0.15) is 0 Å². The zero-order chi connectivity index (χ0) is 12.5. The van der Waals surface area contributed by atoms with E-state index in [0.29, 0.717) is 0 Å². The lowest BCUT2D eigenvalue weighted by molar-refractivity contribution is -0.0717. The topological polar surface area (TPSA) is 21.7 Å². The number of nitrogens with zero attached hydrogens (tertiary/aromatic N) is 1. The van der Waals surface area contributed by atoms with Gasteiger partial charge in [-0.1, -0.05) is 33.6 Å². The van der Waals surface area contributed by atoms with E-state index in [0.717, 1.165) is 45.2 Å². The zero-order valence-electron chi connectivity index (χ0n) is 11.8. The molecule has 0 radical (unpaired) electrons. The Kier molecular flexibility index (Phi) is 7.82. The monoisotopic (exact) mass is 243 g/mol. The van der Waals surface area contributed by atoms with Crippen molar-refractivity contribution in [1.82, 2.24) is 4.90 Å². The van der Waals surface area contributed by atoms with Gasteiger partial charge in [0.2, 0.25) is 0 Å². The van der Waals surface area contributed by atoms with Gasteiger partial charge in [-0.3, -0.25) is 4.90 Å². The second-order valence-corrected chi connectivity index (χ2v) is 5.19. The fraction of sp³-hybridized carbons (Fsp3) is 1.00. The van der Waals surface area contributed by atoms with Crippen molar-refractivity contribution < 1.29 is 9.47 Å². The average molecular weight is 243 g/mol. The minimum Gasteiger partial charge on any atom is -0.379 e. The first-order valence-corrected chi connectivity index (χ1v) is 7.17. The van der Waals surface area contributed by atoms with Crippen molar-refractivity contribution in [3.63, 3.8) is 0 Å². The number of hydrogen-bond donors (Lipinski definition) is 0. The number of rotatable bonds is 8. The van der Waals surface area contributed by atoms with Gasteiger partial charge in [-0.25, -0.2) is 0 Å². The van der Waals surface area contributed by atoms with Crippen LogP contribution in [-0.2, 0) is 9.47 Å². The van der Waals surface area contributed by atoms with Crippen LogP contribution in [0.5, 0.6) is 0 Å². The smallest absolute Gasteiger partial charge is 0.0935 e. The molecule has 1 heterocycles. The van der Waals surface area contributed by atoms with Gasteiger partial charge >= 0.3 is 0 Å². The second-order valence-electron chi connectivity index (χ2n) is 5.19. The number of hydrogen-bond acceptors (Lipinski definition) is 3. The van der Waals surface area contributed by atoms with Gasteiger partial charge in [-0.15, -0.1) is 0 Å². The first-order valence-electron chi connectivity index (χ1n) is 7.17. The summed E-state index contributed by atoms with van der Waals surface area (Å²) >= 11 is 0. The number of ether oxygens (including phenoxy) is 2. The average Bonchev–Trinajstić information content (AvgIpc) is 2.35.